The highest BCUT2D eigenvalue weighted by atomic mass is 16.5. The number of aryl methyl sites for hydroxylation is 1. The third kappa shape index (κ3) is 2.31. The number of methoxy groups -OCH3 is 1. The second kappa shape index (κ2) is 5.77. The monoisotopic (exact) mass is 316 g/mol. The van der Waals surface area contributed by atoms with Gasteiger partial charge in [-0.15, -0.1) is 0 Å². The van der Waals surface area contributed by atoms with Gasteiger partial charge in [-0.05, 0) is 19.1 Å². The summed E-state index contributed by atoms with van der Waals surface area (Å²) in [6.45, 7) is 2.07. The van der Waals surface area contributed by atoms with E-state index in [9.17, 15) is 0 Å². The van der Waals surface area contributed by atoms with Crippen molar-refractivity contribution >= 4 is 5.65 Å². The average Bonchev–Trinajstić information content (AvgIpc) is 3.06. The van der Waals surface area contributed by atoms with E-state index in [2.05, 4.69) is 46.3 Å². The average molecular weight is 316 g/mol. The van der Waals surface area contributed by atoms with Crippen molar-refractivity contribution in [2.45, 2.75) is 6.92 Å². The molecular weight excluding hydrogens is 300 g/mol. The fraction of sp³-hybridized carbons (Fsp3) is 0.105. The molecule has 0 spiro atoms. The van der Waals surface area contributed by atoms with Crippen LogP contribution in [-0.2, 0) is 0 Å². The number of benzene rings is 1. The summed E-state index contributed by atoms with van der Waals surface area (Å²) in [5, 5.41) is 4.47. The molecule has 5 heteroatoms. The Hall–Kier alpha value is -3.21. The van der Waals surface area contributed by atoms with Crippen molar-refractivity contribution in [1.29, 1.82) is 0 Å². The second-order valence-electron chi connectivity index (χ2n) is 5.57. The van der Waals surface area contributed by atoms with Gasteiger partial charge in [-0.1, -0.05) is 29.8 Å². The fourth-order valence-electron chi connectivity index (χ4n) is 2.79. The van der Waals surface area contributed by atoms with Crippen molar-refractivity contribution in [2.24, 2.45) is 0 Å². The molecule has 4 rings (SSSR count). The number of pyridine rings is 1. The van der Waals surface area contributed by atoms with Gasteiger partial charge in [0.25, 0.3) is 0 Å². The van der Waals surface area contributed by atoms with Crippen LogP contribution in [0.1, 0.15) is 5.56 Å². The minimum absolute atomic E-state index is 0.762. The van der Waals surface area contributed by atoms with Crippen LogP contribution < -0.4 is 4.74 Å². The van der Waals surface area contributed by atoms with Crippen LogP contribution in [0.3, 0.4) is 0 Å². The molecule has 5 nitrogen and oxygen atoms in total. The van der Waals surface area contributed by atoms with Crippen LogP contribution in [0.25, 0.3) is 28.0 Å². The number of rotatable bonds is 3. The number of hydrogen-bond acceptors (Lipinski definition) is 4. The van der Waals surface area contributed by atoms with Crippen molar-refractivity contribution in [3.8, 4) is 28.1 Å². The van der Waals surface area contributed by atoms with Crippen LogP contribution in [-0.4, -0.2) is 26.7 Å². The first kappa shape index (κ1) is 14.4. The standard InChI is InChI=1S/C19H16N4O/c1-13-3-5-14(6-4-13)17-12-21-19-15(7-10-22-23(17)19)16-11-20-9-8-18(16)24-2/h3-12H,1-2H3. The predicted molar refractivity (Wildman–Crippen MR) is 92.9 cm³/mol. The normalized spacial score (nSPS) is 10.9. The molecule has 0 aliphatic carbocycles. The van der Waals surface area contributed by atoms with Gasteiger partial charge in [0, 0.05) is 35.3 Å². The second-order valence-corrected chi connectivity index (χ2v) is 5.57. The van der Waals surface area contributed by atoms with E-state index in [4.69, 9.17) is 4.74 Å². The summed E-state index contributed by atoms with van der Waals surface area (Å²) < 4.78 is 7.31. The van der Waals surface area contributed by atoms with Gasteiger partial charge in [-0.3, -0.25) is 4.98 Å². The lowest BCUT2D eigenvalue weighted by Gasteiger charge is -2.09. The molecule has 1 aromatic carbocycles. The molecule has 0 N–H and O–H groups in total. The van der Waals surface area contributed by atoms with Gasteiger partial charge in [-0.2, -0.15) is 5.10 Å². The lowest BCUT2D eigenvalue weighted by atomic mass is 10.1. The number of fused-ring (bicyclic) bond motifs is 1. The van der Waals surface area contributed by atoms with Crippen molar-refractivity contribution < 1.29 is 4.74 Å². The fourth-order valence-corrected chi connectivity index (χ4v) is 2.79. The Kier molecular flexibility index (Phi) is 3.46. The topological polar surface area (TPSA) is 52.3 Å². The van der Waals surface area contributed by atoms with Crippen molar-refractivity contribution in [3.05, 3.63) is 66.7 Å². The summed E-state index contributed by atoms with van der Waals surface area (Å²) in [7, 11) is 1.65. The Bertz CT molecular complexity index is 1010. The Morgan fingerprint density at radius 1 is 0.917 bits per heavy atom. The summed E-state index contributed by atoms with van der Waals surface area (Å²) >= 11 is 0. The van der Waals surface area contributed by atoms with Gasteiger partial charge in [-0.25, -0.2) is 9.50 Å². The summed E-state index contributed by atoms with van der Waals surface area (Å²) in [6, 6.07) is 12.1. The van der Waals surface area contributed by atoms with Gasteiger partial charge < -0.3 is 4.74 Å². The first-order valence-electron chi connectivity index (χ1n) is 7.66. The zero-order valence-electron chi connectivity index (χ0n) is 13.5. The number of aromatic nitrogens is 4. The number of nitrogens with zero attached hydrogens (tertiary/aromatic N) is 4. The summed E-state index contributed by atoms with van der Waals surface area (Å²) in [5.74, 6) is 0.762. The number of imidazole rings is 1. The van der Waals surface area contributed by atoms with Gasteiger partial charge >= 0.3 is 0 Å². The molecule has 0 saturated carbocycles. The highest BCUT2D eigenvalue weighted by Gasteiger charge is 2.14. The van der Waals surface area contributed by atoms with E-state index in [-0.39, 0.29) is 0 Å². The van der Waals surface area contributed by atoms with E-state index in [0.29, 0.717) is 0 Å². The molecule has 3 heterocycles. The summed E-state index contributed by atoms with van der Waals surface area (Å²) in [5.41, 5.74) is 5.87. The lowest BCUT2D eigenvalue weighted by molar-refractivity contribution is 0.416. The van der Waals surface area contributed by atoms with Crippen molar-refractivity contribution in [3.63, 3.8) is 0 Å². The van der Waals surface area contributed by atoms with Crippen LogP contribution in [0.4, 0.5) is 0 Å². The molecule has 0 bridgehead atoms. The van der Waals surface area contributed by atoms with Crippen molar-refractivity contribution in [2.75, 3.05) is 7.11 Å². The zero-order valence-corrected chi connectivity index (χ0v) is 13.5. The third-order valence-corrected chi connectivity index (χ3v) is 4.04. The first-order chi connectivity index (χ1) is 11.8. The SMILES string of the molecule is COc1ccncc1-c1ccnn2c(-c3ccc(C)cc3)cnc12. The quantitative estimate of drug-likeness (QED) is 0.577. The first-order valence-corrected chi connectivity index (χ1v) is 7.66. The third-order valence-electron chi connectivity index (χ3n) is 4.04. The molecule has 0 amide bonds. The van der Waals surface area contributed by atoms with E-state index < -0.39 is 0 Å². The maximum absolute atomic E-state index is 5.46. The molecule has 4 aromatic rings. The highest BCUT2D eigenvalue weighted by molar-refractivity contribution is 5.82. The minimum Gasteiger partial charge on any atom is -0.496 e. The van der Waals surface area contributed by atoms with Gasteiger partial charge in [0.2, 0.25) is 0 Å². The van der Waals surface area contributed by atoms with Crippen LogP contribution in [0, 0.1) is 6.92 Å². The zero-order chi connectivity index (χ0) is 16.5. The molecule has 0 aliphatic rings. The van der Waals surface area contributed by atoms with E-state index in [1.165, 1.54) is 5.56 Å². The van der Waals surface area contributed by atoms with E-state index in [1.54, 1.807) is 25.7 Å². The molecule has 3 aromatic heterocycles. The Morgan fingerprint density at radius 2 is 1.75 bits per heavy atom. The largest absolute Gasteiger partial charge is 0.496 e. The lowest BCUT2D eigenvalue weighted by Crippen LogP contribution is -1.97. The van der Waals surface area contributed by atoms with Crippen molar-refractivity contribution in [1.82, 2.24) is 19.6 Å². The molecule has 118 valence electrons. The smallest absolute Gasteiger partial charge is 0.162 e. The maximum Gasteiger partial charge on any atom is 0.162 e. The molecule has 0 fully saturated rings. The van der Waals surface area contributed by atoms with Crippen LogP contribution in [0.2, 0.25) is 0 Å². The molecule has 0 aliphatic heterocycles. The molecule has 24 heavy (non-hydrogen) atoms. The van der Waals surface area contributed by atoms with Gasteiger partial charge in [0.15, 0.2) is 5.65 Å². The van der Waals surface area contributed by atoms with Crippen LogP contribution in [0.5, 0.6) is 5.75 Å². The van der Waals surface area contributed by atoms with Gasteiger partial charge in [0.05, 0.1) is 19.0 Å². The maximum atomic E-state index is 5.46. The van der Waals surface area contributed by atoms with E-state index in [0.717, 1.165) is 33.8 Å². The van der Waals surface area contributed by atoms with Crippen LogP contribution in [0.15, 0.2) is 61.2 Å². The molecule has 0 radical (unpaired) electrons. The molecule has 0 atom stereocenters. The van der Waals surface area contributed by atoms with E-state index in [1.807, 2.05) is 22.8 Å². The molecular formula is C19H16N4O. The Morgan fingerprint density at radius 3 is 2.54 bits per heavy atom. The predicted octanol–water partition coefficient (Wildman–Crippen LogP) is 3.78. The number of ether oxygens (including phenoxy) is 1. The summed E-state index contributed by atoms with van der Waals surface area (Å²) in [4.78, 5) is 8.80. The number of hydrogen-bond donors (Lipinski definition) is 0. The molecule has 0 unspecified atom stereocenters. The Balaban J connectivity index is 1.92. The van der Waals surface area contributed by atoms with E-state index >= 15 is 0 Å². The van der Waals surface area contributed by atoms with Gasteiger partial charge in [0.1, 0.15) is 5.75 Å². The summed E-state index contributed by atoms with van der Waals surface area (Å²) in [6.07, 6.45) is 7.12. The minimum atomic E-state index is 0.762. The highest BCUT2D eigenvalue weighted by Crippen LogP contribution is 2.32. The van der Waals surface area contributed by atoms with Crippen LogP contribution >= 0.6 is 0 Å². The molecule has 0 saturated heterocycles. The Labute approximate surface area is 139 Å².